The third-order valence-electron chi connectivity index (χ3n) is 5.91. The van der Waals surface area contributed by atoms with Crippen LogP contribution in [0.4, 0.5) is 0 Å². The lowest BCUT2D eigenvalue weighted by molar-refractivity contribution is -0.219. The number of hydrogen-bond donors (Lipinski definition) is 0. The SMILES string of the molecule is CC1(C)OC2OC3CC(C#N)C3(P(c3ccccc3)c3ccccc3)C2O1. The van der Waals surface area contributed by atoms with E-state index in [2.05, 4.69) is 54.6 Å². The van der Waals surface area contributed by atoms with Crippen molar-refractivity contribution in [3.63, 3.8) is 0 Å². The molecule has 5 atom stereocenters. The Hall–Kier alpha value is -1.76. The molecule has 0 radical (unpaired) electrons. The first-order valence-electron chi connectivity index (χ1n) is 9.37. The van der Waals surface area contributed by atoms with Gasteiger partial charge in [-0.1, -0.05) is 60.7 Å². The van der Waals surface area contributed by atoms with Gasteiger partial charge in [-0.05, 0) is 38.8 Å². The number of fused-ring (bicyclic) bond motifs is 3. The lowest BCUT2D eigenvalue weighted by Crippen LogP contribution is -2.63. The molecule has 5 rings (SSSR count). The summed E-state index contributed by atoms with van der Waals surface area (Å²) in [6, 6.07) is 23.6. The Labute approximate surface area is 160 Å². The van der Waals surface area contributed by atoms with E-state index in [4.69, 9.17) is 14.2 Å². The molecule has 3 aliphatic rings. The number of benzene rings is 2. The van der Waals surface area contributed by atoms with Crippen molar-refractivity contribution in [1.29, 1.82) is 5.26 Å². The minimum absolute atomic E-state index is 0.0141. The Bertz CT molecular complexity index is 842. The van der Waals surface area contributed by atoms with Gasteiger partial charge in [-0.15, -0.1) is 0 Å². The Kier molecular flexibility index (Phi) is 3.93. The Balaban J connectivity index is 1.70. The van der Waals surface area contributed by atoms with Crippen molar-refractivity contribution in [2.24, 2.45) is 5.92 Å². The molecule has 2 heterocycles. The topological polar surface area (TPSA) is 51.5 Å². The summed E-state index contributed by atoms with van der Waals surface area (Å²) >= 11 is 0. The van der Waals surface area contributed by atoms with Gasteiger partial charge < -0.3 is 14.2 Å². The minimum Gasteiger partial charge on any atom is -0.345 e. The molecular weight excluding hydrogens is 357 g/mol. The molecule has 2 saturated heterocycles. The number of nitriles is 1. The van der Waals surface area contributed by atoms with Gasteiger partial charge in [-0.25, -0.2) is 0 Å². The van der Waals surface area contributed by atoms with Crippen molar-refractivity contribution >= 4 is 18.5 Å². The molecule has 0 aromatic heterocycles. The van der Waals surface area contributed by atoms with Gasteiger partial charge in [0.1, 0.15) is 6.10 Å². The standard InChI is InChI=1S/C22H22NO3P/c1-21(2)25-19-20(26-21)24-18-13-15(14-23)22(18,19)27(16-9-5-3-6-10-16)17-11-7-4-8-12-17/h3-12,15,18-20H,13H2,1-2H3. The Morgan fingerprint density at radius 1 is 0.963 bits per heavy atom. The van der Waals surface area contributed by atoms with E-state index in [9.17, 15) is 5.26 Å². The quantitative estimate of drug-likeness (QED) is 0.768. The average molecular weight is 379 g/mol. The van der Waals surface area contributed by atoms with Gasteiger partial charge >= 0.3 is 0 Å². The molecule has 2 aromatic carbocycles. The number of hydrogen-bond acceptors (Lipinski definition) is 4. The summed E-state index contributed by atoms with van der Waals surface area (Å²) in [6.07, 6.45) is 0.0952. The van der Waals surface area contributed by atoms with Crippen LogP contribution in [0.2, 0.25) is 0 Å². The summed E-state index contributed by atoms with van der Waals surface area (Å²) in [5.74, 6) is -0.807. The van der Waals surface area contributed by atoms with E-state index >= 15 is 0 Å². The summed E-state index contributed by atoms with van der Waals surface area (Å²) in [7, 11) is -0.857. The normalized spacial score (nSPS) is 35.9. The van der Waals surface area contributed by atoms with Crippen molar-refractivity contribution in [3.8, 4) is 6.07 Å². The van der Waals surface area contributed by atoms with E-state index in [0.717, 1.165) is 6.42 Å². The first-order valence-corrected chi connectivity index (χ1v) is 10.7. The van der Waals surface area contributed by atoms with Crippen molar-refractivity contribution in [2.45, 2.75) is 49.7 Å². The van der Waals surface area contributed by atoms with E-state index in [-0.39, 0.29) is 23.3 Å². The molecular formula is C22H22NO3P. The molecule has 3 fully saturated rings. The zero-order valence-electron chi connectivity index (χ0n) is 15.4. The summed E-state index contributed by atoms with van der Waals surface area (Å²) < 4.78 is 18.7. The monoisotopic (exact) mass is 379 g/mol. The van der Waals surface area contributed by atoms with Crippen LogP contribution < -0.4 is 10.6 Å². The lowest BCUT2D eigenvalue weighted by Gasteiger charge is -2.54. The van der Waals surface area contributed by atoms with Gasteiger partial charge in [0, 0.05) is 0 Å². The van der Waals surface area contributed by atoms with Crippen LogP contribution in [-0.2, 0) is 14.2 Å². The summed E-state index contributed by atoms with van der Waals surface area (Å²) in [4.78, 5) is 0. The van der Waals surface area contributed by atoms with E-state index in [1.807, 2.05) is 26.0 Å². The van der Waals surface area contributed by atoms with Crippen LogP contribution in [0.25, 0.3) is 0 Å². The van der Waals surface area contributed by atoms with Crippen LogP contribution in [0.1, 0.15) is 20.3 Å². The molecule has 0 bridgehead atoms. The second-order valence-corrected chi connectivity index (χ2v) is 10.3. The molecule has 138 valence electrons. The molecule has 1 aliphatic carbocycles. The van der Waals surface area contributed by atoms with Gasteiger partial charge in [0.25, 0.3) is 0 Å². The number of ether oxygens (including phenoxy) is 3. The van der Waals surface area contributed by atoms with Crippen LogP contribution in [0.15, 0.2) is 60.7 Å². The fraction of sp³-hybridized carbons (Fsp3) is 0.409. The van der Waals surface area contributed by atoms with E-state index in [1.165, 1.54) is 10.6 Å². The van der Waals surface area contributed by atoms with Crippen molar-refractivity contribution < 1.29 is 14.2 Å². The molecule has 0 N–H and O–H groups in total. The highest BCUT2D eigenvalue weighted by atomic mass is 31.1. The van der Waals surface area contributed by atoms with Crippen LogP contribution in [0.5, 0.6) is 0 Å². The van der Waals surface area contributed by atoms with Crippen LogP contribution in [0, 0.1) is 17.2 Å². The number of rotatable bonds is 3. The van der Waals surface area contributed by atoms with E-state index in [0.29, 0.717) is 0 Å². The molecule has 5 unspecified atom stereocenters. The maximum Gasteiger partial charge on any atom is 0.188 e. The number of nitrogens with zero attached hydrogens (tertiary/aromatic N) is 1. The van der Waals surface area contributed by atoms with Gasteiger partial charge in [0.2, 0.25) is 0 Å². The third-order valence-corrected chi connectivity index (χ3v) is 9.17. The van der Waals surface area contributed by atoms with Gasteiger partial charge in [0.15, 0.2) is 12.1 Å². The third kappa shape index (κ3) is 2.43. The van der Waals surface area contributed by atoms with Crippen molar-refractivity contribution in [3.05, 3.63) is 60.7 Å². The fourth-order valence-electron chi connectivity index (χ4n) is 4.84. The summed E-state index contributed by atoms with van der Waals surface area (Å²) in [5.41, 5.74) is 0. The van der Waals surface area contributed by atoms with Gasteiger partial charge in [-0.2, -0.15) is 5.26 Å². The van der Waals surface area contributed by atoms with Crippen molar-refractivity contribution in [1.82, 2.24) is 0 Å². The molecule has 2 aliphatic heterocycles. The van der Waals surface area contributed by atoms with Gasteiger partial charge in [-0.3, -0.25) is 0 Å². The van der Waals surface area contributed by atoms with Crippen LogP contribution >= 0.6 is 7.92 Å². The molecule has 0 spiro atoms. The first kappa shape index (κ1) is 17.3. The van der Waals surface area contributed by atoms with Crippen molar-refractivity contribution in [2.75, 3.05) is 0 Å². The molecule has 0 amide bonds. The fourth-order valence-corrected chi connectivity index (χ4v) is 8.33. The van der Waals surface area contributed by atoms with Crippen LogP contribution in [0.3, 0.4) is 0 Å². The van der Waals surface area contributed by atoms with E-state index in [1.54, 1.807) is 0 Å². The lowest BCUT2D eigenvalue weighted by atomic mass is 9.69. The molecule has 4 nitrogen and oxygen atoms in total. The summed E-state index contributed by atoms with van der Waals surface area (Å²) in [5, 5.41) is 12.1. The summed E-state index contributed by atoms with van der Waals surface area (Å²) in [6.45, 7) is 3.84. The largest absolute Gasteiger partial charge is 0.345 e. The maximum absolute atomic E-state index is 10.00. The highest BCUT2D eigenvalue weighted by molar-refractivity contribution is 7.74. The Morgan fingerprint density at radius 3 is 2.11 bits per heavy atom. The predicted octanol–water partition coefficient (Wildman–Crippen LogP) is 3.28. The average Bonchev–Trinajstić information content (AvgIpc) is 3.07. The second kappa shape index (κ2) is 6.12. The highest BCUT2D eigenvalue weighted by Crippen LogP contribution is 2.69. The molecule has 2 aromatic rings. The molecule has 5 heteroatoms. The van der Waals surface area contributed by atoms with Crippen LogP contribution in [-0.4, -0.2) is 29.4 Å². The second-order valence-electron chi connectivity index (χ2n) is 7.86. The maximum atomic E-state index is 10.00. The Morgan fingerprint density at radius 2 is 1.56 bits per heavy atom. The zero-order valence-corrected chi connectivity index (χ0v) is 16.3. The zero-order chi connectivity index (χ0) is 18.6. The minimum atomic E-state index is -0.857. The smallest absolute Gasteiger partial charge is 0.188 e. The molecule has 27 heavy (non-hydrogen) atoms. The van der Waals surface area contributed by atoms with Gasteiger partial charge in [0.05, 0.1) is 23.2 Å². The first-order chi connectivity index (χ1) is 13.1. The van der Waals surface area contributed by atoms with E-state index < -0.39 is 20.0 Å². The highest BCUT2D eigenvalue weighted by Gasteiger charge is 2.75. The molecule has 1 saturated carbocycles. The predicted molar refractivity (Wildman–Crippen MR) is 104 cm³/mol.